The van der Waals surface area contributed by atoms with Crippen molar-refractivity contribution in [3.05, 3.63) is 54.9 Å². The van der Waals surface area contributed by atoms with Crippen LogP contribution < -0.4 is 0 Å². The SMILES string of the molecule is O=S(Sc1ccccc1)c1cccnc1. The topological polar surface area (TPSA) is 30.0 Å². The van der Waals surface area contributed by atoms with Crippen LogP contribution in [0.25, 0.3) is 0 Å². The first-order chi connectivity index (χ1) is 7.36. The lowest BCUT2D eigenvalue weighted by molar-refractivity contribution is 0.691. The summed E-state index contributed by atoms with van der Waals surface area (Å²) in [5.74, 6) is 0. The standard InChI is InChI=1S/C11H9NOS2/c13-15(11-7-4-8-12-9-11)14-10-5-2-1-3-6-10/h1-9H. The minimum Gasteiger partial charge on any atom is -0.263 e. The van der Waals surface area contributed by atoms with Gasteiger partial charge < -0.3 is 0 Å². The average molecular weight is 235 g/mol. The number of hydrogen-bond acceptors (Lipinski definition) is 3. The summed E-state index contributed by atoms with van der Waals surface area (Å²) in [6.45, 7) is 0. The van der Waals surface area contributed by atoms with Crippen LogP contribution in [-0.4, -0.2) is 9.19 Å². The summed E-state index contributed by atoms with van der Waals surface area (Å²) in [5.41, 5.74) is 0. The van der Waals surface area contributed by atoms with Crippen LogP contribution in [0.1, 0.15) is 0 Å². The molecule has 0 saturated heterocycles. The molecule has 0 spiro atoms. The van der Waals surface area contributed by atoms with Gasteiger partial charge in [0.25, 0.3) is 0 Å². The van der Waals surface area contributed by atoms with E-state index in [-0.39, 0.29) is 0 Å². The number of benzene rings is 1. The Labute approximate surface area is 94.6 Å². The largest absolute Gasteiger partial charge is 0.263 e. The molecule has 0 aliphatic heterocycles. The molecule has 2 rings (SSSR count). The number of hydrogen-bond donors (Lipinski definition) is 0. The third-order valence-electron chi connectivity index (χ3n) is 1.74. The summed E-state index contributed by atoms with van der Waals surface area (Å²) in [6.07, 6.45) is 3.31. The summed E-state index contributed by atoms with van der Waals surface area (Å²) < 4.78 is 11.8. The highest BCUT2D eigenvalue weighted by molar-refractivity contribution is 8.69. The number of nitrogens with zero attached hydrogens (tertiary/aromatic N) is 1. The Morgan fingerprint density at radius 1 is 1.07 bits per heavy atom. The second-order valence-electron chi connectivity index (χ2n) is 2.82. The van der Waals surface area contributed by atoms with Gasteiger partial charge in [-0.2, -0.15) is 0 Å². The van der Waals surface area contributed by atoms with E-state index in [1.807, 2.05) is 36.4 Å². The molecule has 0 saturated carbocycles. The Morgan fingerprint density at radius 3 is 2.53 bits per heavy atom. The summed E-state index contributed by atoms with van der Waals surface area (Å²) in [7, 11) is 0.249. The van der Waals surface area contributed by atoms with Crippen LogP contribution in [0.2, 0.25) is 0 Å². The van der Waals surface area contributed by atoms with Crippen molar-refractivity contribution in [2.24, 2.45) is 0 Å². The Hall–Kier alpha value is -1.13. The fraction of sp³-hybridized carbons (Fsp3) is 0. The van der Waals surface area contributed by atoms with Gasteiger partial charge in [-0.25, -0.2) is 4.21 Å². The molecule has 4 heteroatoms. The van der Waals surface area contributed by atoms with Crippen molar-refractivity contribution in [2.45, 2.75) is 9.79 Å². The zero-order valence-electron chi connectivity index (χ0n) is 7.87. The van der Waals surface area contributed by atoms with E-state index in [1.54, 1.807) is 18.5 Å². The fourth-order valence-corrected chi connectivity index (χ4v) is 3.38. The summed E-state index contributed by atoms with van der Waals surface area (Å²) in [5, 5.41) is 0. The van der Waals surface area contributed by atoms with Crippen molar-refractivity contribution in [3.8, 4) is 0 Å². The first-order valence-electron chi connectivity index (χ1n) is 4.41. The van der Waals surface area contributed by atoms with Crippen LogP contribution in [-0.2, 0) is 9.83 Å². The molecule has 0 fully saturated rings. The van der Waals surface area contributed by atoms with E-state index in [2.05, 4.69) is 4.98 Å². The Kier molecular flexibility index (Phi) is 3.53. The van der Waals surface area contributed by atoms with Crippen LogP contribution in [0, 0.1) is 0 Å². The van der Waals surface area contributed by atoms with E-state index in [1.165, 1.54) is 10.8 Å². The lowest BCUT2D eigenvalue weighted by atomic mass is 10.4. The predicted molar refractivity (Wildman–Crippen MR) is 62.9 cm³/mol. The molecule has 1 unspecified atom stereocenters. The minimum atomic E-state index is -1.08. The van der Waals surface area contributed by atoms with E-state index in [0.717, 1.165) is 9.79 Å². The Morgan fingerprint density at radius 2 is 1.87 bits per heavy atom. The van der Waals surface area contributed by atoms with Crippen molar-refractivity contribution in [1.82, 2.24) is 4.98 Å². The zero-order chi connectivity index (χ0) is 10.5. The van der Waals surface area contributed by atoms with E-state index in [0.29, 0.717) is 0 Å². The fourth-order valence-electron chi connectivity index (χ4n) is 1.06. The lowest BCUT2D eigenvalue weighted by Crippen LogP contribution is -1.86. The smallest absolute Gasteiger partial charge is 0.119 e. The Bertz CT molecular complexity index is 445. The summed E-state index contributed by atoms with van der Waals surface area (Å²) in [4.78, 5) is 5.68. The monoisotopic (exact) mass is 235 g/mol. The average Bonchev–Trinajstić information content (AvgIpc) is 2.31. The molecular weight excluding hydrogens is 226 g/mol. The van der Waals surface area contributed by atoms with Gasteiger partial charge in [0, 0.05) is 17.3 Å². The third-order valence-corrected chi connectivity index (χ3v) is 4.59. The predicted octanol–water partition coefficient (Wildman–Crippen LogP) is 2.90. The highest BCUT2D eigenvalue weighted by Crippen LogP contribution is 2.25. The summed E-state index contributed by atoms with van der Waals surface area (Å²) >= 11 is 0. The van der Waals surface area contributed by atoms with Gasteiger partial charge in [0.05, 0.1) is 4.90 Å². The third kappa shape index (κ3) is 2.91. The zero-order valence-corrected chi connectivity index (χ0v) is 9.50. The van der Waals surface area contributed by atoms with Gasteiger partial charge in [0.2, 0.25) is 0 Å². The van der Waals surface area contributed by atoms with E-state index >= 15 is 0 Å². The summed E-state index contributed by atoms with van der Waals surface area (Å²) in [6, 6.07) is 13.3. The molecule has 0 aliphatic rings. The van der Waals surface area contributed by atoms with Crippen LogP contribution in [0.4, 0.5) is 0 Å². The van der Waals surface area contributed by atoms with Crippen molar-refractivity contribution >= 4 is 20.6 Å². The van der Waals surface area contributed by atoms with Crippen molar-refractivity contribution in [1.29, 1.82) is 0 Å². The van der Waals surface area contributed by atoms with E-state index in [4.69, 9.17) is 0 Å². The molecule has 1 atom stereocenters. The van der Waals surface area contributed by atoms with Gasteiger partial charge in [-0.1, -0.05) is 18.2 Å². The quantitative estimate of drug-likeness (QED) is 0.766. The second-order valence-corrected chi connectivity index (χ2v) is 5.81. The molecule has 2 aromatic rings. The molecule has 0 N–H and O–H groups in total. The number of pyridine rings is 1. The second kappa shape index (κ2) is 5.09. The van der Waals surface area contributed by atoms with Gasteiger partial charge in [0.15, 0.2) is 0 Å². The molecule has 1 heterocycles. The molecule has 0 bridgehead atoms. The van der Waals surface area contributed by atoms with Crippen molar-refractivity contribution < 1.29 is 4.21 Å². The van der Waals surface area contributed by atoms with Crippen LogP contribution in [0.15, 0.2) is 64.6 Å². The molecule has 0 aliphatic carbocycles. The molecule has 1 aromatic heterocycles. The van der Waals surface area contributed by atoms with E-state index < -0.39 is 9.83 Å². The molecule has 0 amide bonds. The number of aromatic nitrogens is 1. The molecule has 0 radical (unpaired) electrons. The molecule has 2 nitrogen and oxygen atoms in total. The van der Waals surface area contributed by atoms with Crippen LogP contribution in [0.5, 0.6) is 0 Å². The molecular formula is C11H9NOS2. The maximum absolute atomic E-state index is 11.8. The van der Waals surface area contributed by atoms with Gasteiger partial charge in [0.1, 0.15) is 9.83 Å². The van der Waals surface area contributed by atoms with Gasteiger partial charge in [-0.05, 0) is 35.1 Å². The molecule has 15 heavy (non-hydrogen) atoms. The van der Waals surface area contributed by atoms with E-state index in [9.17, 15) is 4.21 Å². The van der Waals surface area contributed by atoms with Gasteiger partial charge in [-0.15, -0.1) is 0 Å². The maximum Gasteiger partial charge on any atom is 0.119 e. The highest BCUT2D eigenvalue weighted by atomic mass is 33.1. The maximum atomic E-state index is 11.8. The van der Waals surface area contributed by atoms with Crippen LogP contribution in [0.3, 0.4) is 0 Å². The first-order valence-corrected chi connectivity index (χ1v) is 6.90. The van der Waals surface area contributed by atoms with Gasteiger partial charge in [-0.3, -0.25) is 4.98 Å². The van der Waals surface area contributed by atoms with Gasteiger partial charge >= 0.3 is 0 Å². The minimum absolute atomic E-state index is 0.742. The normalized spacial score (nSPS) is 12.3. The molecule has 1 aromatic carbocycles. The first kappa shape index (κ1) is 10.4. The number of rotatable bonds is 3. The highest BCUT2D eigenvalue weighted by Gasteiger charge is 2.05. The Balaban J connectivity index is 2.12. The van der Waals surface area contributed by atoms with Crippen molar-refractivity contribution in [3.63, 3.8) is 0 Å². The molecule has 76 valence electrons. The van der Waals surface area contributed by atoms with Crippen molar-refractivity contribution in [2.75, 3.05) is 0 Å². The lowest BCUT2D eigenvalue weighted by Gasteiger charge is -2.00. The van der Waals surface area contributed by atoms with Crippen LogP contribution >= 0.6 is 10.8 Å².